The smallest absolute Gasteiger partial charge is 0.303 e. The number of ether oxygens (including phenoxy) is 1. The van der Waals surface area contributed by atoms with Crippen LogP contribution in [0.4, 0.5) is 0 Å². The molecular weight excluding hydrogens is 282 g/mol. The molecule has 1 atom stereocenters. The molecule has 2 N–H and O–H groups in total. The first kappa shape index (κ1) is 16.5. The summed E-state index contributed by atoms with van der Waals surface area (Å²) >= 11 is 0. The van der Waals surface area contributed by atoms with Crippen molar-refractivity contribution in [3.63, 3.8) is 0 Å². The molecule has 0 aliphatic heterocycles. The first-order chi connectivity index (χ1) is 9.26. The van der Waals surface area contributed by atoms with Gasteiger partial charge in [-0.05, 0) is 38.0 Å². The number of carboxylic acid groups (broad SMARTS) is 1. The molecule has 0 bridgehead atoms. The van der Waals surface area contributed by atoms with E-state index in [1.54, 1.807) is 26.0 Å². The second-order valence-corrected chi connectivity index (χ2v) is 6.29. The van der Waals surface area contributed by atoms with E-state index < -0.39 is 22.0 Å². The SMILES string of the molecule is COc1ccc(C)cc1S(=O)(=O)NC(C)CCC(=O)O. The third-order valence-corrected chi connectivity index (χ3v) is 4.37. The van der Waals surface area contributed by atoms with Crippen LogP contribution in [0.15, 0.2) is 23.1 Å². The molecule has 1 aromatic carbocycles. The van der Waals surface area contributed by atoms with Gasteiger partial charge in [-0.2, -0.15) is 0 Å². The predicted octanol–water partition coefficient (Wildman–Crippen LogP) is 1.54. The third kappa shape index (κ3) is 4.50. The highest BCUT2D eigenvalue weighted by atomic mass is 32.2. The van der Waals surface area contributed by atoms with Crippen molar-refractivity contribution in [2.45, 2.75) is 37.6 Å². The normalized spacial score (nSPS) is 12.9. The molecule has 0 aromatic heterocycles. The highest BCUT2D eigenvalue weighted by molar-refractivity contribution is 7.89. The zero-order valence-corrected chi connectivity index (χ0v) is 12.5. The van der Waals surface area contributed by atoms with Crippen LogP contribution in [0.1, 0.15) is 25.3 Å². The van der Waals surface area contributed by atoms with Crippen molar-refractivity contribution in [2.24, 2.45) is 0 Å². The molecule has 0 spiro atoms. The fraction of sp³-hybridized carbons (Fsp3) is 0.462. The van der Waals surface area contributed by atoms with Gasteiger partial charge in [-0.1, -0.05) is 6.07 Å². The van der Waals surface area contributed by atoms with Crippen molar-refractivity contribution in [2.75, 3.05) is 7.11 Å². The van der Waals surface area contributed by atoms with Gasteiger partial charge in [0.05, 0.1) is 7.11 Å². The van der Waals surface area contributed by atoms with Crippen molar-refractivity contribution in [1.29, 1.82) is 0 Å². The van der Waals surface area contributed by atoms with Gasteiger partial charge >= 0.3 is 5.97 Å². The molecule has 0 amide bonds. The maximum Gasteiger partial charge on any atom is 0.303 e. The zero-order chi connectivity index (χ0) is 15.3. The third-order valence-electron chi connectivity index (χ3n) is 2.76. The Hall–Kier alpha value is -1.60. The first-order valence-corrected chi connectivity index (χ1v) is 7.63. The lowest BCUT2D eigenvalue weighted by Crippen LogP contribution is -2.33. The molecule has 20 heavy (non-hydrogen) atoms. The Kier molecular flexibility index (Phi) is 5.52. The van der Waals surface area contributed by atoms with Gasteiger partial charge in [0, 0.05) is 12.5 Å². The summed E-state index contributed by atoms with van der Waals surface area (Å²) in [6.07, 6.45) is 0.136. The Labute approximate surface area is 118 Å². The van der Waals surface area contributed by atoms with Crippen LogP contribution in [-0.2, 0) is 14.8 Å². The van der Waals surface area contributed by atoms with Crippen LogP contribution in [-0.4, -0.2) is 32.6 Å². The molecule has 0 heterocycles. The number of aliphatic carboxylic acids is 1. The van der Waals surface area contributed by atoms with Crippen molar-refractivity contribution in [3.8, 4) is 5.75 Å². The molecule has 112 valence electrons. The number of nitrogens with one attached hydrogen (secondary N) is 1. The van der Waals surface area contributed by atoms with E-state index >= 15 is 0 Å². The average Bonchev–Trinajstić information content (AvgIpc) is 2.36. The van der Waals surface area contributed by atoms with Crippen LogP contribution in [0, 0.1) is 6.92 Å². The highest BCUT2D eigenvalue weighted by Gasteiger charge is 2.22. The summed E-state index contributed by atoms with van der Waals surface area (Å²) in [5, 5.41) is 8.60. The summed E-state index contributed by atoms with van der Waals surface area (Å²) in [4.78, 5) is 10.5. The molecule has 0 aliphatic rings. The summed E-state index contributed by atoms with van der Waals surface area (Å²) in [7, 11) is -2.34. The zero-order valence-electron chi connectivity index (χ0n) is 11.7. The van der Waals surface area contributed by atoms with Crippen LogP contribution in [0.5, 0.6) is 5.75 Å². The lowest BCUT2D eigenvalue weighted by atomic mass is 10.2. The molecule has 6 nitrogen and oxygen atoms in total. The Morgan fingerprint density at radius 3 is 2.65 bits per heavy atom. The fourth-order valence-corrected chi connectivity index (χ4v) is 3.25. The predicted molar refractivity (Wildman–Crippen MR) is 74.4 cm³/mol. The number of carbonyl (C=O) groups is 1. The topological polar surface area (TPSA) is 92.7 Å². The van der Waals surface area contributed by atoms with Gasteiger partial charge in [0.2, 0.25) is 10.0 Å². The van der Waals surface area contributed by atoms with Gasteiger partial charge in [-0.15, -0.1) is 0 Å². The van der Waals surface area contributed by atoms with Crippen molar-refractivity contribution >= 4 is 16.0 Å². The number of hydrogen-bond donors (Lipinski definition) is 2. The number of hydrogen-bond acceptors (Lipinski definition) is 4. The molecule has 1 aromatic rings. The van der Waals surface area contributed by atoms with Crippen LogP contribution in [0.3, 0.4) is 0 Å². The van der Waals surface area contributed by atoms with Gasteiger partial charge in [0.15, 0.2) is 0 Å². The number of sulfonamides is 1. The fourth-order valence-electron chi connectivity index (χ4n) is 1.72. The van der Waals surface area contributed by atoms with Crippen LogP contribution in [0.25, 0.3) is 0 Å². The quantitative estimate of drug-likeness (QED) is 0.797. The summed E-state index contributed by atoms with van der Waals surface area (Å²) in [6.45, 7) is 3.41. The second-order valence-electron chi connectivity index (χ2n) is 4.61. The van der Waals surface area contributed by atoms with E-state index in [0.717, 1.165) is 5.56 Å². The standard InChI is InChI=1S/C13H19NO5S/c1-9-4-6-11(19-3)12(8-9)20(17,18)14-10(2)5-7-13(15)16/h4,6,8,10,14H,5,7H2,1-3H3,(H,15,16). The van der Waals surface area contributed by atoms with Gasteiger partial charge in [-0.25, -0.2) is 13.1 Å². The molecule has 0 fully saturated rings. The van der Waals surface area contributed by atoms with Gasteiger partial charge in [0.25, 0.3) is 0 Å². The minimum atomic E-state index is -3.74. The van der Waals surface area contributed by atoms with Crippen molar-refractivity contribution in [1.82, 2.24) is 4.72 Å². The van der Waals surface area contributed by atoms with Gasteiger partial charge in [-0.3, -0.25) is 4.79 Å². The van der Waals surface area contributed by atoms with Crippen molar-refractivity contribution < 1.29 is 23.1 Å². The first-order valence-electron chi connectivity index (χ1n) is 6.15. The van der Waals surface area contributed by atoms with Gasteiger partial charge < -0.3 is 9.84 Å². The van der Waals surface area contributed by atoms with Crippen LogP contribution in [0.2, 0.25) is 0 Å². The Bertz CT molecular complexity index is 582. The Morgan fingerprint density at radius 2 is 2.10 bits per heavy atom. The van der Waals surface area contributed by atoms with E-state index in [-0.39, 0.29) is 23.5 Å². The monoisotopic (exact) mass is 301 g/mol. The maximum absolute atomic E-state index is 12.3. The molecule has 1 rings (SSSR count). The number of benzene rings is 1. The highest BCUT2D eigenvalue weighted by Crippen LogP contribution is 2.24. The van der Waals surface area contributed by atoms with E-state index in [1.807, 2.05) is 0 Å². The molecule has 1 unspecified atom stereocenters. The number of rotatable bonds is 7. The average molecular weight is 301 g/mol. The van der Waals surface area contributed by atoms with Gasteiger partial charge in [0.1, 0.15) is 10.6 Å². The Balaban J connectivity index is 2.93. The number of aryl methyl sites for hydroxylation is 1. The largest absolute Gasteiger partial charge is 0.495 e. The van der Waals surface area contributed by atoms with E-state index in [4.69, 9.17) is 9.84 Å². The lowest BCUT2D eigenvalue weighted by Gasteiger charge is -2.15. The molecule has 0 aliphatic carbocycles. The molecule has 0 saturated heterocycles. The molecule has 0 radical (unpaired) electrons. The molecule has 0 saturated carbocycles. The maximum atomic E-state index is 12.3. The minimum absolute atomic E-state index is 0.0576. The summed E-state index contributed by atoms with van der Waals surface area (Å²) < 4.78 is 32.1. The van der Waals surface area contributed by atoms with Crippen LogP contribution < -0.4 is 9.46 Å². The van der Waals surface area contributed by atoms with E-state index in [9.17, 15) is 13.2 Å². The van der Waals surface area contributed by atoms with E-state index in [1.165, 1.54) is 13.2 Å². The van der Waals surface area contributed by atoms with E-state index in [2.05, 4.69) is 4.72 Å². The van der Waals surface area contributed by atoms with E-state index in [0.29, 0.717) is 0 Å². The Morgan fingerprint density at radius 1 is 1.45 bits per heavy atom. The van der Waals surface area contributed by atoms with Crippen molar-refractivity contribution in [3.05, 3.63) is 23.8 Å². The number of carboxylic acids is 1. The summed E-state index contributed by atoms with van der Waals surface area (Å²) in [6, 6.07) is 4.39. The second kappa shape index (κ2) is 6.71. The number of methoxy groups -OCH3 is 1. The van der Waals surface area contributed by atoms with Crippen LogP contribution >= 0.6 is 0 Å². The minimum Gasteiger partial charge on any atom is -0.495 e. The lowest BCUT2D eigenvalue weighted by molar-refractivity contribution is -0.137. The summed E-state index contributed by atoms with van der Waals surface area (Å²) in [5.74, 6) is -0.697. The molecular formula is C13H19NO5S. The summed E-state index contributed by atoms with van der Waals surface area (Å²) in [5.41, 5.74) is 0.796. The molecule has 7 heteroatoms.